The van der Waals surface area contributed by atoms with Gasteiger partial charge in [0.2, 0.25) is 0 Å². The number of fused-ring (bicyclic) bond motifs is 3. The maximum atomic E-state index is 2.36. The molecule has 0 atom stereocenters. The second kappa shape index (κ2) is 3.46. The first-order valence-corrected chi connectivity index (χ1v) is 7.54. The van der Waals surface area contributed by atoms with E-state index in [2.05, 4.69) is 59.5 Å². The number of hydrogen-bond acceptors (Lipinski definition) is 0. The molecule has 0 unspecified atom stereocenters. The van der Waals surface area contributed by atoms with Crippen molar-refractivity contribution in [1.82, 2.24) is 0 Å². The summed E-state index contributed by atoms with van der Waals surface area (Å²) in [5.41, 5.74) is 0. The third-order valence-corrected chi connectivity index (χ3v) is 5.12. The third kappa shape index (κ3) is 1.44. The van der Waals surface area contributed by atoms with Crippen LogP contribution in [0.25, 0.3) is 31.2 Å². The second-order valence-electron chi connectivity index (χ2n) is 4.36. The van der Waals surface area contributed by atoms with Gasteiger partial charge in [-0.2, -0.15) is 0 Å². The average molecular weight is 281 g/mol. The molecule has 4 rings (SSSR count). The van der Waals surface area contributed by atoms with Crippen LogP contribution in [0.5, 0.6) is 0 Å². The van der Waals surface area contributed by atoms with Gasteiger partial charge in [0.15, 0.2) is 0 Å². The van der Waals surface area contributed by atoms with E-state index in [4.69, 9.17) is 0 Å². The summed E-state index contributed by atoms with van der Waals surface area (Å²) in [6, 6.07) is 20.1. The molecule has 3 aromatic carbocycles. The molecule has 80 valence electrons. The van der Waals surface area contributed by atoms with E-state index in [1.54, 1.807) is 0 Å². The zero-order chi connectivity index (χ0) is 11.2. The number of rotatable bonds is 0. The Kier molecular flexibility index (Phi) is 1.93. The minimum atomic E-state index is 0.537. The van der Waals surface area contributed by atoms with Gasteiger partial charge in [-0.1, -0.05) is 0 Å². The van der Waals surface area contributed by atoms with Crippen molar-refractivity contribution in [3.05, 3.63) is 59.5 Å². The molecule has 0 radical (unpaired) electrons. The number of hydrogen-bond donors (Lipinski definition) is 0. The Morgan fingerprint density at radius 2 is 1.24 bits per heavy atom. The molecule has 1 aromatic heterocycles. The first-order valence-electron chi connectivity index (χ1n) is 5.70. The first kappa shape index (κ1) is 9.47. The minimum absolute atomic E-state index is 0.537. The normalized spacial score (nSPS) is 11.5. The van der Waals surface area contributed by atoms with E-state index in [9.17, 15) is 0 Å². The van der Waals surface area contributed by atoms with Gasteiger partial charge in [0.25, 0.3) is 0 Å². The van der Waals surface area contributed by atoms with E-state index in [-0.39, 0.29) is 0 Å². The van der Waals surface area contributed by atoms with Crippen molar-refractivity contribution >= 4 is 45.7 Å². The molecule has 0 fully saturated rings. The standard InChI is InChI=1S/C16H10Se/c1-2-4-12-8-15-10-16-13(5-6-17-16)9-14(15)7-11(12)3-1/h1-10H. The summed E-state index contributed by atoms with van der Waals surface area (Å²) in [4.78, 5) is 2.30. The Labute approximate surface area is 105 Å². The Balaban J connectivity index is 2.23. The van der Waals surface area contributed by atoms with Gasteiger partial charge in [0, 0.05) is 0 Å². The molecule has 0 nitrogen and oxygen atoms in total. The van der Waals surface area contributed by atoms with Crippen molar-refractivity contribution in [2.75, 3.05) is 0 Å². The molecular formula is C16H10Se. The Hall–Kier alpha value is -1.56. The van der Waals surface area contributed by atoms with E-state index in [1.807, 2.05) is 0 Å². The van der Waals surface area contributed by atoms with Crippen LogP contribution in [0.2, 0.25) is 0 Å². The van der Waals surface area contributed by atoms with Gasteiger partial charge in [-0.15, -0.1) is 0 Å². The summed E-state index contributed by atoms with van der Waals surface area (Å²) in [7, 11) is 0. The Morgan fingerprint density at radius 1 is 0.588 bits per heavy atom. The fourth-order valence-corrected chi connectivity index (χ4v) is 4.12. The number of benzene rings is 3. The zero-order valence-electron chi connectivity index (χ0n) is 9.18. The van der Waals surface area contributed by atoms with Gasteiger partial charge >= 0.3 is 105 Å². The summed E-state index contributed by atoms with van der Waals surface area (Å²) in [5, 5.41) is 6.79. The molecule has 1 heteroatoms. The summed E-state index contributed by atoms with van der Waals surface area (Å²) in [6.07, 6.45) is 0. The van der Waals surface area contributed by atoms with Crippen molar-refractivity contribution in [2.45, 2.75) is 0 Å². The van der Waals surface area contributed by atoms with Gasteiger partial charge in [0.1, 0.15) is 0 Å². The van der Waals surface area contributed by atoms with E-state index in [1.165, 1.54) is 31.2 Å². The van der Waals surface area contributed by atoms with E-state index >= 15 is 0 Å². The molecule has 0 saturated carbocycles. The van der Waals surface area contributed by atoms with Crippen LogP contribution in [0.3, 0.4) is 0 Å². The predicted octanol–water partition coefficient (Wildman–Crippen LogP) is 4.20. The molecule has 0 amide bonds. The van der Waals surface area contributed by atoms with Crippen LogP contribution in [0.15, 0.2) is 59.5 Å². The van der Waals surface area contributed by atoms with Crippen LogP contribution < -0.4 is 0 Å². The molecule has 0 aliphatic heterocycles. The fraction of sp³-hybridized carbons (Fsp3) is 0. The van der Waals surface area contributed by atoms with Crippen LogP contribution in [0.4, 0.5) is 0 Å². The summed E-state index contributed by atoms with van der Waals surface area (Å²) < 4.78 is 1.51. The molecule has 0 bridgehead atoms. The monoisotopic (exact) mass is 282 g/mol. The molecular weight excluding hydrogens is 271 g/mol. The summed E-state index contributed by atoms with van der Waals surface area (Å²) in [6.45, 7) is 0. The molecule has 1 heterocycles. The van der Waals surface area contributed by atoms with Gasteiger partial charge in [0.05, 0.1) is 0 Å². The third-order valence-electron chi connectivity index (χ3n) is 3.28. The van der Waals surface area contributed by atoms with E-state index < -0.39 is 0 Å². The summed E-state index contributed by atoms with van der Waals surface area (Å²) >= 11 is 0.537. The van der Waals surface area contributed by atoms with Gasteiger partial charge in [-0.25, -0.2) is 0 Å². The van der Waals surface area contributed by atoms with Crippen LogP contribution in [-0.4, -0.2) is 14.5 Å². The quantitative estimate of drug-likeness (QED) is 0.335. The Morgan fingerprint density at radius 3 is 2.00 bits per heavy atom. The van der Waals surface area contributed by atoms with Crippen molar-refractivity contribution in [1.29, 1.82) is 0 Å². The average Bonchev–Trinajstić information content (AvgIpc) is 2.80. The molecule has 0 aliphatic rings. The van der Waals surface area contributed by atoms with Gasteiger partial charge in [-0.3, -0.25) is 0 Å². The first-order chi connectivity index (χ1) is 8.40. The molecule has 0 spiro atoms. The molecule has 17 heavy (non-hydrogen) atoms. The van der Waals surface area contributed by atoms with Gasteiger partial charge < -0.3 is 0 Å². The van der Waals surface area contributed by atoms with E-state index in [0.29, 0.717) is 14.5 Å². The van der Waals surface area contributed by atoms with Crippen LogP contribution in [0, 0.1) is 0 Å². The Bertz CT molecular complexity index is 771. The molecule has 0 aliphatic carbocycles. The van der Waals surface area contributed by atoms with E-state index in [0.717, 1.165) is 0 Å². The second-order valence-corrected chi connectivity index (χ2v) is 6.35. The van der Waals surface area contributed by atoms with Gasteiger partial charge in [-0.05, 0) is 0 Å². The SMILES string of the molecule is c1ccc2cc3cc4[se]ccc4cc3cc2c1. The van der Waals surface area contributed by atoms with Crippen LogP contribution in [0.1, 0.15) is 0 Å². The van der Waals surface area contributed by atoms with Crippen LogP contribution >= 0.6 is 0 Å². The van der Waals surface area contributed by atoms with Crippen molar-refractivity contribution in [2.24, 2.45) is 0 Å². The van der Waals surface area contributed by atoms with Crippen molar-refractivity contribution < 1.29 is 0 Å². The molecule has 4 aromatic rings. The van der Waals surface area contributed by atoms with Crippen molar-refractivity contribution in [3.8, 4) is 0 Å². The topological polar surface area (TPSA) is 0 Å². The van der Waals surface area contributed by atoms with Crippen LogP contribution in [-0.2, 0) is 0 Å². The van der Waals surface area contributed by atoms with Crippen molar-refractivity contribution in [3.63, 3.8) is 0 Å². The molecule has 0 N–H and O–H groups in total. The predicted molar refractivity (Wildman–Crippen MR) is 75.9 cm³/mol. The summed E-state index contributed by atoms with van der Waals surface area (Å²) in [5.74, 6) is 0. The zero-order valence-corrected chi connectivity index (χ0v) is 10.9. The molecule has 0 saturated heterocycles. The maximum absolute atomic E-state index is 2.36. The fourth-order valence-electron chi connectivity index (χ4n) is 2.40.